The number of benzene rings is 2. The fraction of sp³-hybridized carbons (Fsp3) is 0.407. The van der Waals surface area contributed by atoms with Crippen LogP contribution in [0.1, 0.15) is 63.0 Å². The van der Waals surface area contributed by atoms with E-state index < -0.39 is 0 Å². The van der Waals surface area contributed by atoms with Crippen molar-refractivity contribution in [1.29, 1.82) is 0 Å². The highest BCUT2D eigenvalue weighted by atomic mass is 16.5. The maximum atomic E-state index is 5.63. The summed E-state index contributed by atoms with van der Waals surface area (Å²) >= 11 is 0. The Bertz CT molecular complexity index is 744. The monoisotopic (exact) mass is 374 g/mol. The second-order valence-corrected chi connectivity index (χ2v) is 7.85. The van der Waals surface area contributed by atoms with Crippen LogP contribution in [0.2, 0.25) is 0 Å². The molecule has 148 valence electrons. The van der Waals surface area contributed by atoms with Gasteiger partial charge in [0.05, 0.1) is 13.2 Å². The first-order valence-corrected chi connectivity index (χ1v) is 10.8. The van der Waals surface area contributed by atoms with Gasteiger partial charge in [0.1, 0.15) is 0 Å². The highest BCUT2D eigenvalue weighted by molar-refractivity contribution is 5.64. The Morgan fingerprint density at radius 2 is 1.50 bits per heavy atom. The number of hydrogen-bond donors (Lipinski definition) is 0. The maximum Gasteiger partial charge on any atom is 0.0721 e. The van der Waals surface area contributed by atoms with Crippen LogP contribution in [0.15, 0.2) is 72.8 Å². The first-order chi connectivity index (χ1) is 13.8. The van der Waals surface area contributed by atoms with Crippen LogP contribution < -0.4 is 0 Å². The maximum absolute atomic E-state index is 5.63. The van der Waals surface area contributed by atoms with E-state index in [1.807, 2.05) is 19.1 Å². The van der Waals surface area contributed by atoms with Gasteiger partial charge in [-0.05, 0) is 73.1 Å². The molecule has 0 aliphatic heterocycles. The molecule has 0 aromatic heterocycles. The molecule has 2 aromatic rings. The van der Waals surface area contributed by atoms with Crippen LogP contribution in [-0.4, -0.2) is 6.61 Å². The lowest BCUT2D eigenvalue weighted by atomic mass is 9.78. The Balaban J connectivity index is 1.55. The van der Waals surface area contributed by atoms with E-state index in [-0.39, 0.29) is 0 Å². The van der Waals surface area contributed by atoms with Crippen molar-refractivity contribution < 1.29 is 4.74 Å². The third-order valence-corrected chi connectivity index (χ3v) is 5.80. The molecule has 0 radical (unpaired) electrons. The lowest BCUT2D eigenvalue weighted by Gasteiger charge is -2.27. The van der Waals surface area contributed by atoms with Gasteiger partial charge in [-0.3, -0.25) is 0 Å². The zero-order valence-corrected chi connectivity index (χ0v) is 17.4. The quantitative estimate of drug-likeness (QED) is 0.340. The molecule has 3 rings (SSSR count). The molecule has 0 spiro atoms. The Morgan fingerprint density at radius 3 is 2.11 bits per heavy atom. The van der Waals surface area contributed by atoms with E-state index in [9.17, 15) is 0 Å². The molecule has 0 N–H and O–H groups in total. The Kier molecular flexibility index (Phi) is 8.11. The van der Waals surface area contributed by atoms with E-state index in [4.69, 9.17) is 4.74 Å². The molecule has 0 unspecified atom stereocenters. The summed E-state index contributed by atoms with van der Waals surface area (Å²) in [5, 5.41) is 0. The van der Waals surface area contributed by atoms with Crippen LogP contribution >= 0.6 is 0 Å². The smallest absolute Gasteiger partial charge is 0.0721 e. The zero-order valence-electron chi connectivity index (χ0n) is 17.4. The fourth-order valence-electron chi connectivity index (χ4n) is 4.06. The van der Waals surface area contributed by atoms with Gasteiger partial charge in [-0.1, -0.05) is 79.8 Å². The van der Waals surface area contributed by atoms with Crippen LogP contribution in [0.25, 0.3) is 11.1 Å². The average molecular weight is 375 g/mol. The van der Waals surface area contributed by atoms with E-state index >= 15 is 0 Å². The van der Waals surface area contributed by atoms with Gasteiger partial charge in [-0.15, -0.1) is 0 Å². The summed E-state index contributed by atoms with van der Waals surface area (Å²) in [6.45, 7) is 5.58. The first kappa shape index (κ1) is 20.6. The normalized spacial score (nSPS) is 20.2. The van der Waals surface area contributed by atoms with Crippen LogP contribution in [-0.2, 0) is 11.3 Å². The van der Waals surface area contributed by atoms with Gasteiger partial charge >= 0.3 is 0 Å². The standard InChI is InChI=1S/C27H34O/c1-3-5-7-22-8-12-24(13-9-22)26-16-18-27(19-17-26)25-14-10-23(11-15-25)21-28-20-6-4-2/h4-7,10-11,14-19,22,24H,3,8-9,12-13,20-21H2,1-2H3. The zero-order chi connectivity index (χ0) is 19.6. The van der Waals surface area contributed by atoms with Gasteiger partial charge in [-0.2, -0.15) is 0 Å². The predicted octanol–water partition coefficient (Wildman–Crippen LogP) is 7.69. The van der Waals surface area contributed by atoms with Crippen molar-refractivity contribution in [2.75, 3.05) is 6.61 Å². The van der Waals surface area contributed by atoms with E-state index in [1.54, 1.807) is 0 Å². The van der Waals surface area contributed by atoms with Gasteiger partial charge < -0.3 is 4.74 Å². The summed E-state index contributed by atoms with van der Waals surface area (Å²) in [6, 6.07) is 18.0. The molecule has 0 atom stereocenters. The van der Waals surface area contributed by atoms with Crippen molar-refractivity contribution in [3.63, 3.8) is 0 Å². The lowest BCUT2D eigenvalue weighted by Crippen LogP contribution is -2.11. The van der Waals surface area contributed by atoms with E-state index in [2.05, 4.69) is 67.6 Å². The SMILES string of the molecule is CC=CCOCc1ccc(-c2ccc(C3CCC(C=CCC)CC3)cc2)cc1. The molecular weight excluding hydrogens is 340 g/mol. The highest BCUT2D eigenvalue weighted by Crippen LogP contribution is 2.37. The Morgan fingerprint density at radius 1 is 0.857 bits per heavy atom. The molecule has 1 saturated carbocycles. The molecular formula is C27H34O. The molecule has 1 fully saturated rings. The summed E-state index contributed by atoms with van der Waals surface area (Å²) in [5.41, 5.74) is 5.30. The molecule has 0 amide bonds. The summed E-state index contributed by atoms with van der Waals surface area (Å²) in [7, 11) is 0. The van der Waals surface area contributed by atoms with Gasteiger partial charge in [0.2, 0.25) is 0 Å². The molecule has 2 aromatic carbocycles. The van der Waals surface area contributed by atoms with Crippen molar-refractivity contribution >= 4 is 0 Å². The van der Waals surface area contributed by atoms with Gasteiger partial charge in [0.25, 0.3) is 0 Å². The summed E-state index contributed by atoms with van der Waals surface area (Å²) in [5.74, 6) is 1.54. The van der Waals surface area contributed by atoms with E-state index in [1.165, 1.54) is 47.9 Å². The predicted molar refractivity (Wildman–Crippen MR) is 120 cm³/mol. The second-order valence-electron chi connectivity index (χ2n) is 7.85. The van der Waals surface area contributed by atoms with Gasteiger partial charge in [-0.25, -0.2) is 0 Å². The minimum absolute atomic E-state index is 0.666. The molecule has 1 aliphatic rings. The number of hydrogen-bond acceptors (Lipinski definition) is 1. The molecule has 1 nitrogen and oxygen atoms in total. The third kappa shape index (κ3) is 5.94. The van der Waals surface area contributed by atoms with E-state index in [0.717, 1.165) is 18.3 Å². The molecule has 0 bridgehead atoms. The number of ether oxygens (including phenoxy) is 1. The van der Waals surface area contributed by atoms with Crippen LogP contribution in [0.3, 0.4) is 0 Å². The highest BCUT2D eigenvalue weighted by Gasteiger charge is 2.20. The second kappa shape index (κ2) is 11.0. The summed E-state index contributed by atoms with van der Waals surface area (Å²) in [6.07, 6.45) is 15.3. The van der Waals surface area contributed by atoms with Crippen molar-refractivity contribution in [1.82, 2.24) is 0 Å². The average Bonchev–Trinajstić information content (AvgIpc) is 2.76. The number of rotatable bonds is 8. The molecule has 1 heteroatoms. The molecule has 0 heterocycles. The van der Waals surface area contributed by atoms with Crippen molar-refractivity contribution in [3.05, 3.63) is 84.0 Å². The van der Waals surface area contributed by atoms with Crippen molar-refractivity contribution in [2.45, 2.75) is 58.5 Å². The Labute approximate surface area is 171 Å². The first-order valence-electron chi connectivity index (χ1n) is 10.8. The summed E-state index contributed by atoms with van der Waals surface area (Å²) < 4.78 is 5.63. The third-order valence-electron chi connectivity index (χ3n) is 5.80. The summed E-state index contributed by atoms with van der Waals surface area (Å²) in [4.78, 5) is 0. The Hall–Kier alpha value is -2.12. The van der Waals surface area contributed by atoms with Crippen LogP contribution in [0.4, 0.5) is 0 Å². The molecule has 0 saturated heterocycles. The molecule has 28 heavy (non-hydrogen) atoms. The van der Waals surface area contributed by atoms with Crippen LogP contribution in [0.5, 0.6) is 0 Å². The minimum Gasteiger partial charge on any atom is -0.373 e. The fourth-order valence-corrected chi connectivity index (χ4v) is 4.06. The van der Waals surface area contributed by atoms with Gasteiger partial charge in [0.15, 0.2) is 0 Å². The largest absolute Gasteiger partial charge is 0.373 e. The van der Waals surface area contributed by atoms with Crippen LogP contribution in [0, 0.1) is 5.92 Å². The number of allylic oxidation sites excluding steroid dienone is 3. The molecule has 1 aliphatic carbocycles. The van der Waals surface area contributed by atoms with Crippen molar-refractivity contribution in [2.24, 2.45) is 5.92 Å². The lowest BCUT2D eigenvalue weighted by molar-refractivity contribution is 0.148. The van der Waals surface area contributed by atoms with E-state index in [0.29, 0.717) is 13.2 Å². The minimum atomic E-state index is 0.666. The topological polar surface area (TPSA) is 9.23 Å². The van der Waals surface area contributed by atoms with Gasteiger partial charge in [0, 0.05) is 0 Å². The van der Waals surface area contributed by atoms with Crippen molar-refractivity contribution in [3.8, 4) is 11.1 Å².